The van der Waals surface area contributed by atoms with Gasteiger partial charge in [-0.2, -0.15) is 8.75 Å². The number of rotatable bonds is 4. The van der Waals surface area contributed by atoms with Crippen molar-refractivity contribution in [3.05, 3.63) is 46.5 Å². The minimum atomic E-state index is -0.452. The average Bonchev–Trinajstić information content (AvgIpc) is 3.29. The van der Waals surface area contributed by atoms with Crippen LogP contribution in [0.15, 0.2) is 46.5 Å². The van der Waals surface area contributed by atoms with Gasteiger partial charge in [-0.15, -0.1) is 10.2 Å². The molecule has 0 bridgehead atoms. The van der Waals surface area contributed by atoms with Crippen LogP contribution in [0.2, 0.25) is 0 Å². The molecule has 11 heteroatoms. The summed E-state index contributed by atoms with van der Waals surface area (Å²) in [6.07, 6.45) is 0. The lowest BCUT2D eigenvalue weighted by atomic mass is 10.2. The van der Waals surface area contributed by atoms with Crippen LogP contribution in [-0.4, -0.2) is 33.4 Å². The van der Waals surface area contributed by atoms with E-state index in [9.17, 15) is 10.1 Å². The molecule has 0 atom stereocenters. The Morgan fingerprint density at radius 1 is 1.14 bits per heavy atom. The Hall–Kier alpha value is -3.18. The third-order valence-corrected chi connectivity index (χ3v) is 5.90. The predicted octanol–water partition coefficient (Wildman–Crippen LogP) is 4.62. The van der Waals surface area contributed by atoms with Crippen LogP contribution in [0.1, 0.15) is 19.9 Å². The zero-order valence-corrected chi connectivity index (χ0v) is 16.9. The lowest BCUT2D eigenvalue weighted by molar-refractivity contribution is -0.383. The molecule has 3 aromatic heterocycles. The summed E-state index contributed by atoms with van der Waals surface area (Å²) in [7, 11) is 0. The van der Waals surface area contributed by atoms with Gasteiger partial charge >= 0.3 is 0 Å². The van der Waals surface area contributed by atoms with Crippen molar-refractivity contribution in [3.63, 3.8) is 0 Å². The Morgan fingerprint density at radius 2 is 1.97 bits per heavy atom. The molecule has 0 saturated heterocycles. The van der Waals surface area contributed by atoms with Gasteiger partial charge in [0.25, 0.3) is 5.69 Å². The second-order valence-corrected chi connectivity index (χ2v) is 8.25. The molecule has 0 aliphatic carbocycles. The second-order valence-electron chi connectivity index (χ2n) is 6.68. The fourth-order valence-corrected chi connectivity index (χ4v) is 4.66. The Labute approximate surface area is 172 Å². The predicted molar refractivity (Wildman–Crippen MR) is 111 cm³/mol. The fourth-order valence-electron chi connectivity index (χ4n) is 3.36. The maximum atomic E-state index is 11.4. The molecule has 5 aromatic rings. The van der Waals surface area contributed by atoms with Crippen LogP contribution in [-0.2, 0) is 0 Å². The number of non-ortho nitro benzene ring substituents is 1. The molecule has 0 radical (unpaired) electrons. The maximum absolute atomic E-state index is 11.4. The highest BCUT2D eigenvalue weighted by Gasteiger charge is 2.20. The molecule has 3 heterocycles. The Kier molecular flexibility index (Phi) is 4.14. The first-order chi connectivity index (χ1) is 14.0. The molecular formula is C18H13N7O2S2. The summed E-state index contributed by atoms with van der Waals surface area (Å²) in [6, 6.07) is 11.4. The topological polar surface area (TPSA) is 113 Å². The third-order valence-electron chi connectivity index (χ3n) is 4.53. The first kappa shape index (κ1) is 17.9. The number of fused-ring (bicyclic) bond motifs is 4. The van der Waals surface area contributed by atoms with Crippen molar-refractivity contribution in [1.29, 1.82) is 0 Å². The van der Waals surface area contributed by atoms with Gasteiger partial charge in [-0.1, -0.05) is 18.2 Å². The van der Waals surface area contributed by atoms with Gasteiger partial charge in [-0.25, -0.2) is 4.98 Å². The van der Waals surface area contributed by atoms with Crippen molar-refractivity contribution in [2.75, 3.05) is 0 Å². The monoisotopic (exact) mass is 423 g/mol. The van der Waals surface area contributed by atoms with E-state index in [1.165, 1.54) is 17.8 Å². The Morgan fingerprint density at radius 3 is 2.76 bits per heavy atom. The number of nitro benzene ring substituents is 1. The zero-order valence-electron chi connectivity index (χ0n) is 15.3. The summed E-state index contributed by atoms with van der Waals surface area (Å²) in [5.74, 6) is 0. The maximum Gasteiger partial charge on any atom is 0.299 e. The van der Waals surface area contributed by atoms with E-state index in [1.54, 1.807) is 6.07 Å². The molecule has 5 rings (SSSR count). The average molecular weight is 423 g/mol. The summed E-state index contributed by atoms with van der Waals surface area (Å²) in [5, 5.41) is 21.5. The molecular weight excluding hydrogens is 410 g/mol. The molecule has 0 unspecified atom stereocenters. The van der Waals surface area contributed by atoms with E-state index in [0.717, 1.165) is 33.8 Å². The lowest BCUT2D eigenvalue weighted by Gasteiger charge is -2.10. The van der Waals surface area contributed by atoms with Crippen molar-refractivity contribution in [2.24, 2.45) is 0 Å². The van der Waals surface area contributed by atoms with Gasteiger partial charge in [0.1, 0.15) is 11.0 Å². The van der Waals surface area contributed by atoms with Gasteiger partial charge < -0.3 is 4.57 Å². The second kappa shape index (κ2) is 6.71. The van der Waals surface area contributed by atoms with E-state index in [4.69, 9.17) is 4.98 Å². The summed E-state index contributed by atoms with van der Waals surface area (Å²) < 4.78 is 10.3. The van der Waals surface area contributed by atoms with Crippen molar-refractivity contribution >= 4 is 62.3 Å². The lowest BCUT2D eigenvalue weighted by Crippen LogP contribution is -2.02. The van der Waals surface area contributed by atoms with Crippen LogP contribution in [0.4, 0.5) is 5.69 Å². The van der Waals surface area contributed by atoms with E-state index in [2.05, 4.69) is 37.4 Å². The van der Waals surface area contributed by atoms with Crippen LogP contribution in [0.5, 0.6) is 0 Å². The summed E-state index contributed by atoms with van der Waals surface area (Å²) in [4.78, 5) is 16.3. The van der Waals surface area contributed by atoms with Crippen LogP contribution in [0.3, 0.4) is 0 Å². The number of nitro groups is 1. The molecule has 2 aromatic carbocycles. The van der Waals surface area contributed by atoms with Gasteiger partial charge in [0.05, 0.1) is 22.2 Å². The quantitative estimate of drug-likeness (QED) is 0.304. The summed E-state index contributed by atoms with van der Waals surface area (Å²) in [5.41, 5.74) is 3.22. The highest BCUT2D eigenvalue weighted by Crippen LogP contribution is 2.35. The molecule has 29 heavy (non-hydrogen) atoms. The van der Waals surface area contributed by atoms with Crippen molar-refractivity contribution in [1.82, 2.24) is 28.5 Å². The summed E-state index contributed by atoms with van der Waals surface area (Å²) in [6.45, 7) is 4.18. The first-order valence-electron chi connectivity index (χ1n) is 8.75. The molecule has 0 N–H and O–H groups in total. The van der Waals surface area contributed by atoms with Crippen LogP contribution >= 0.6 is 23.5 Å². The number of hydrogen-bond donors (Lipinski definition) is 0. The molecule has 0 fully saturated rings. The molecule has 0 aliphatic rings. The smallest absolute Gasteiger partial charge is 0.299 e. The molecule has 0 aliphatic heterocycles. The van der Waals surface area contributed by atoms with E-state index in [-0.39, 0.29) is 11.7 Å². The van der Waals surface area contributed by atoms with E-state index in [1.807, 2.05) is 24.3 Å². The normalized spacial score (nSPS) is 11.8. The third kappa shape index (κ3) is 2.89. The van der Waals surface area contributed by atoms with Crippen molar-refractivity contribution in [2.45, 2.75) is 29.9 Å². The summed E-state index contributed by atoms with van der Waals surface area (Å²) >= 11 is 2.17. The SMILES string of the molecule is CC(C)n1c2ccccc2c2nnc(Sc3cc([N+](=O)[O-])c4nsnc4c3)nc21. The van der Waals surface area contributed by atoms with Crippen LogP contribution < -0.4 is 0 Å². The minimum Gasteiger partial charge on any atom is -0.321 e. The van der Waals surface area contributed by atoms with E-state index < -0.39 is 4.92 Å². The van der Waals surface area contributed by atoms with E-state index in [0.29, 0.717) is 21.1 Å². The first-order valence-corrected chi connectivity index (χ1v) is 10.3. The zero-order chi connectivity index (χ0) is 20.1. The molecule has 0 amide bonds. The van der Waals surface area contributed by atoms with Gasteiger partial charge in [0.2, 0.25) is 5.16 Å². The van der Waals surface area contributed by atoms with Gasteiger partial charge in [0.15, 0.2) is 11.2 Å². The van der Waals surface area contributed by atoms with Crippen LogP contribution in [0.25, 0.3) is 33.1 Å². The van der Waals surface area contributed by atoms with Crippen molar-refractivity contribution in [3.8, 4) is 0 Å². The van der Waals surface area contributed by atoms with Gasteiger partial charge in [-0.05, 0) is 37.7 Å². The Balaban J connectivity index is 1.65. The molecule has 144 valence electrons. The highest BCUT2D eigenvalue weighted by atomic mass is 32.2. The van der Waals surface area contributed by atoms with Gasteiger partial charge in [0, 0.05) is 22.4 Å². The van der Waals surface area contributed by atoms with Crippen molar-refractivity contribution < 1.29 is 4.92 Å². The number of aromatic nitrogens is 6. The fraction of sp³-hybridized carbons (Fsp3) is 0.167. The highest BCUT2D eigenvalue weighted by molar-refractivity contribution is 7.99. The number of hydrogen-bond acceptors (Lipinski definition) is 9. The molecule has 0 spiro atoms. The number of benzene rings is 2. The van der Waals surface area contributed by atoms with E-state index >= 15 is 0 Å². The minimum absolute atomic E-state index is 0.0796. The Bertz CT molecular complexity index is 1410. The number of nitrogens with zero attached hydrogens (tertiary/aromatic N) is 7. The molecule has 0 saturated carbocycles. The van der Waals surface area contributed by atoms with Crippen LogP contribution in [0, 0.1) is 10.1 Å². The van der Waals surface area contributed by atoms with Gasteiger partial charge in [-0.3, -0.25) is 10.1 Å². The number of para-hydroxylation sites is 1. The molecule has 9 nitrogen and oxygen atoms in total. The largest absolute Gasteiger partial charge is 0.321 e. The standard InChI is InChI=1S/C18H13N7O2S2/c1-9(2)24-13-6-4-3-5-11(13)15-17(24)19-18(21-20-15)28-10-7-12-16(23-29-22-12)14(8-10)25(26)27/h3-9H,1-2H3.